The second-order valence-electron chi connectivity index (χ2n) is 4.54. The summed E-state index contributed by atoms with van der Waals surface area (Å²) in [6.07, 6.45) is 2.09. The molecule has 90 valence electrons. The van der Waals surface area contributed by atoms with Crippen LogP contribution in [-0.2, 0) is 6.42 Å². The first-order valence-electron chi connectivity index (χ1n) is 6.03. The van der Waals surface area contributed by atoms with E-state index in [9.17, 15) is 0 Å². The first kappa shape index (κ1) is 11.9. The van der Waals surface area contributed by atoms with E-state index in [0.29, 0.717) is 0 Å². The molecule has 0 radical (unpaired) electrons. The lowest BCUT2D eigenvalue weighted by atomic mass is 10.0. The Kier molecular flexibility index (Phi) is 3.29. The lowest BCUT2D eigenvalue weighted by Crippen LogP contribution is -2.11. The summed E-state index contributed by atoms with van der Waals surface area (Å²) in [6.45, 7) is 6.36. The standard InChI is InChI=1S/C14H19N3/c1-4-5-11-8-12-7-9(2)6-10(3)13(12)16-14(11)17-15/h6-8H,4-5,15H2,1-3H3,(H,16,17). The quantitative estimate of drug-likeness (QED) is 0.628. The summed E-state index contributed by atoms with van der Waals surface area (Å²) < 4.78 is 0. The van der Waals surface area contributed by atoms with Crippen LogP contribution in [-0.4, -0.2) is 4.98 Å². The Bertz CT molecular complexity index is 547. The Morgan fingerprint density at radius 1 is 1.24 bits per heavy atom. The van der Waals surface area contributed by atoms with Crippen molar-refractivity contribution in [2.45, 2.75) is 33.6 Å². The molecule has 0 amide bonds. The van der Waals surface area contributed by atoms with Crippen molar-refractivity contribution >= 4 is 16.7 Å². The average Bonchev–Trinajstić information content (AvgIpc) is 2.28. The molecule has 17 heavy (non-hydrogen) atoms. The smallest absolute Gasteiger partial charge is 0.143 e. The van der Waals surface area contributed by atoms with E-state index in [-0.39, 0.29) is 0 Å². The normalized spacial score (nSPS) is 10.8. The van der Waals surface area contributed by atoms with Crippen molar-refractivity contribution in [1.82, 2.24) is 4.98 Å². The number of nitrogens with one attached hydrogen (secondary N) is 1. The second kappa shape index (κ2) is 4.72. The van der Waals surface area contributed by atoms with Crippen molar-refractivity contribution in [1.29, 1.82) is 0 Å². The third kappa shape index (κ3) is 2.24. The molecule has 0 saturated carbocycles. The first-order valence-corrected chi connectivity index (χ1v) is 6.03. The van der Waals surface area contributed by atoms with Crippen LogP contribution < -0.4 is 11.3 Å². The molecule has 0 spiro atoms. The summed E-state index contributed by atoms with van der Waals surface area (Å²) in [5.74, 6) is 6.34. The van der Waals surface area contributed by atoms with Gasteiger partial charge in [0, 0.05) is 5.39 Å². The molecule has 3 heteroatoms. The van der Waals surface area contributed by atoms with Crippen LogP contribution in [0.3, 0.4) is 0 Å². The largest absolute Gasteiger partial charge is 0.308 e. The molecule has 1 aromatic heterocycles. The van der Waals surface area contributed by atoms with Gasteiger partial charge >= 0.3 is 0 Å². The molecule has 0 unspecified atom stereocenters. The molecule has 1 aromatic carbocycles. The van der Waals surface area contributed by atoms with E-state index in [2.05, 4.69) is 49.4 Å². The number of hydrogen-bond donors (Lipinski definition) is 2. The topological polar surface area (TPSA) is 50.9 Å². The van der Waals surface area contributed by atoms with Crippen LogP contribution in [0.5, 0.6) is 0 Å². The van der Waals surface area contributed by atoms with Crippen LogP contribution in [0.2, 0.25) is 0 Å². The Hall–Kier alpha value is -1.61. The molecule has 0 aliphatic rings. The van der Waals surface area contributed by atoms with Gasteiger partial charge in [-0.05, 0) is 43.5 Å². The molecule has 2 aromatic rings. The Morgan fingerprint density at radius 2 is 2.00 bits per heavy atom. The minimum absolute atomic E-state index is 0.798. The number of fused-ring (bicyclic) bond motifs is 1. The zero-order valence-electron chi connectivity index (χ0n) is 10.7. The number of nitrogens with two attached hydrogens (primary N) is 1. The van der Waals surface area contributed by atoms with E-state index >= 15 is 0 Å². The van der Waals surface area contributed by atoms with E-state index in [4.69, 9.17) is 5.84 Å². The number of aryl methyl sites for hydroxylation is 3. The van der Waals surface area contributed by atoms with Gasteiger partial charge in [0.1, 0.15) is 5.82 Å². The fraction of sp³-hybridized carbons (Fsp3) is 0.357. The summed E-state index contributed by atoms with van der Waals surface area (Å²) in [4.78, 5) is 4.62. The fourth-order valence-corrected chi connectivity index (χ4v) is 2.28. The highest BCUT2D eigenvalue weighted by atomic mass is 15.2. The zero-order valence-corrected chi connectivity index (χ0v) is 10.7. The number of hydrazine groups is 1. The molecule has 3 nitrogen and oxygen atoms in total. The van der Waals surface area contributed by atoms with Crippen molar-refractivity contribution < 1.29 is 0 Å². The van der Waals surface area contributed by atoms with E-state index in [0.717, 1.165) is 24.2 Å². The molecule has 2 rings (SSSR count). The maximum Gasteiger partial charge on any atom is 0.143 e. The Morgan fingerprint density at radius 3 is 2.65 bits per heavy atom. The zero-order chi connectivity index (χ0) is 12.4. The predicted octanol–water partition coefficient (Wildman–Crippen LogP) is 3.09. The van der Waals surface area contributed by atoms with Crippen LogP contribution in [0.15, 0.2) is 18.2 Å². The maximum atomic E-state index is 5.54. The number of nitrogen functional groups attached to an aromatic ring is 1. The summed E-state index contributed by atoms with van der Waals surface area (Å²) in [5, 5.41) is 1.20. The second-order valence-corrected chi connectivity index (χ2v) is 4.54. The van der Waals surface area contributed by atoms with Crippen molar-refractivity contribution in [3.05, 3.63) is 34.9 Å². The van der Waals surface area contributed by atoms with Gasteiger partial charge in [0.25, 0.3) is 0 Å². The summed E-state index contributed by atoms with van der Waals surface area (Å²) >= 11 is 0. The lowest BCUT2D eigenvalue weighted by molar-refractivity contribution is 0.917. The third-order valence-electron chi connectivity index (χ3n) is 2.99. The van der Waals surface area contributed by atoms with Crippen LogP contribution in [0.4, 0.5) is 5.82 Å². The van der Waals surface area contributed by atoms with E-state index < -0.39 is 0 Å². The number of pyridine rings is 1. The van der Waals surface area contributed by atoms with E-state index in [1.165, 1.54) is 22.1 Å². The monoisotopic (exact) mass is 229 g/mol. The van der Waals surface area contributed by atoms with Gasteiger partial charge in [0.2, 0.25) is 0 Å². The molecule has 3 N–H and O–H groups in total. The first-order chi connectivity index (χ1) is 8.15. The number of benzene rings is 1. The van der Waals surface area contributed by atoms with E-state index in [1.807, 2.05) is 0 Å². The van der Waals surface area contributed by atoms with Gasteiger partial charge in [-0.3, -0.25) is 0 Å². The van der Waals surface area contributed by atoms with Crippen LogP contribution >= 0.6 is 0 Å². The van der Waals surface area contributed by atoms with Gasteiger partial charge in [0.15, 0.2) is 0 Å². The highest BCUT2D eigenvalue weighted by Crippen LogP contribution is 2.24. The molecule has 0 aliphatic carbocycles. The van der Waals surface area contributed by atoms with Crippen molar-refractivity contribution in [3.63, 3.8) is 0 Å². The van der Waals surface area contributed by atoms with Gasteiger partial charge in [-0.2, -0.15) is 0 Å². The van der Waals surface area contributed by atoms with Crippen molar-refractivity contribution in [3.8, 4) is 0 Å². The Labute approximate surface area is 102 Å². The average molecular weight is 229 g/mol. The predicted molar refractivity (Wildman–Crippen MR) is 73.0 cm³/mol. The van der Waals surface area contributed by atoms with Gasteiger partial charge < -0.3 is 5.43 Å². The SMILES string of the molecule is CCCc1cc2cc(C)cc(C)c2nc1NN. The van der Waals surface area contributed by atoms with Crippen molar-refractivity contribution in [2.75, 3.05) is 5.43 Å². The number of aromatic nitrogens is 1. The molecule has 1 heterocycles. The minimum atomic E-state index is 0.798. The van der Waals surface area contributed by atoms with Crippen LogP contribution in [0.1, 0.15) is 30.0 Å². The van der Waals surface area contributed by atoms with Gasteiger partial charge in [-0.15, -0.1) is 0 Å². The Balaban J connectivity index is 2.69. The molecular formula is C14H19N3. The molecule has 0 saturated heterocycles. The number of hydrogen-bond acceptors (Lipinski definition) is 3. The van der Waals surface area contributed by atoms with Crippen LogP contribution in [0, 0.1) is 13.8 Å². The van der Waals surface area contributed by atoms with Crippen LogP contribution in [0.25, 0.3) is 10.9 Å². The fourth-order valence-electron chi connectivity index (χ4n) is 2.28. The summed E-state index contributed by atoms with van der Waals surface area (Å²) in [5.41, 5.74) is 7.39. The number of anilines is 1. The van der Waals surface area contributed by atoms with Gasteiger partial charge in [-0.25, -0.2) is 10.8 Å². The summed E-state index contributed by atoms with van der Waals surface area (Å²) in [7, 11) is 0. The minimum Gasteiger partial charge on any atom is -0.308 e. The number of nitrogens with zero attached hydrogens (tertiary/aromatic N) is 1. The molecule has 0 bridgehead atoms. The molecule has 0 atom stereocenters. The van der Waals surface area contributed by atoms with Gasteiger partial charge in [-0.1, -0.05) is 25.0 Å². The van der Waals surface area contributed by atoms with Gasteiger partial charge in [0.05, 0.1) is 5.52 Å². The molecule has 0 aliphatic heterocycles. The third-order valence-corrected chi connectivity index (χ3v) is 2.99. The molecule has 0 fully saturated rings. The highest BCUT2D eigenvalue weighted by molar-refractivity contribution is 5.85. The summed E-state index contributed by atoms with van der Waals surface area (Å²) in [6, 6.07) is 6.52. The van der Waals surface area contributed by atoms with Crippen molar-refractivity contribution in [2.24, 2.45) is 5.84 Å². The lowest BCUT2D eigenvalue weighted by Gasteiger charge is -2.11. The van der Waals surface area contributed by atoms with E-state index in [1.54, 1.807) is 0 Å². The number of rotatable bonds is 3. The molecular weight excluding hydrogens is 210 g/mol. The maximum absolute atomic E-state index is 5.54. The highest BCUT2D eigenvalue weighted by Gasteiger charge is 2.07.